The highest BCUT2D eigenvalue weighted by Gasteiger charge is 2.16. The lowest BCUT2D eigenvalue weighted by atomic mass is 10.1. The van der Waals surface area contributed by atoms with Gasteiger partial charge in [-0.3, -0.25) is 9.59 Å². The van der Waals surface area contributed by atoms with Crippen molar-refractivity contribution in [2.45, 2.75) is 40.2 Å². The highest BCUT2D eigenvalue weighted by molar-refractivity contribution is 7.13. The van der Waals surface area contributed by atoms with Gasteiger partial charge in [-0.2, -0.15) is 0 Å². The Morgan fingerprint density at radius 3 is 2.58 bits per heavy atom. The van der Waals surface area contributed by atoms with Crippen LogP contribution in [0.3, 0.4) is 0 Å². The van der Waals surface area contributed by atoms with Crippen molar-refractivity contribution in [2.75, 3.05) is 5.32 Å². The summed E-state index contributed by atoms with van der Waals surface area (Å²) < 4.78 is 13.1. The molecule has 2 amide bonds. The summed E-state index contributed by atoms with van der Waals surface area (Å²) in [5.41, 5.74) is 3.23. The van der Waals surface area contributed by atoms with E-state index in [4.69, 9.17) is 0 Å². The molecule has 0 aliphatic rings. The van der Waals surface area contributed by atoms with Gasteiger partial charge in [0, 0.05) is 24.6 Å². The van der Waals surface area contributed by atoms with Gasteiger partial charge in [0.1, 0.15) is 10.7 Å². The van der Waals surface area contributed by atoms with Gasteiger partial charge in [0.15, 0.2) is 0 Å². The molecule has 5 nitrogen and oxygen atoms in total. The summed E-state index contributed by atoms with van der Waals surface area (Å²) in [6, 6.07) is 13.7. The van der Waals surface area contributed by atoms with Crippen LogP contribution < -0.4 is 10.6 Å². The number of halogens is 1. The lowest BCUT2D eigenvalue weighted by Gasteiger charge is -2.11. The molecule has 3 rings (SSSR count). The molecule has 0 saturated carbocycles. The lowest BCUT2D eigenvalue weighted by molar-refractivity contribution is -0.119. The topological polar surface area (TPSA) is 71.1 Å². The molecule has 162 valence electrons. The number of aromatic nitrogens is 1. The monoisotopic (exact) mass is 439 g/mol. The normalized spacial score (nSPS) is 11.7. The second-order valence-corrected chi connectivity index (χ2v) is 8.59. The van der Waals surface area contributed by atoms with E-state index in [1.165, 1.54) is 23.5 Å². The number of carbonyl (C=O) groups excluding carboxylic acids is 2. The van der Waals surface area contributed by atoms with E-state index in [1.54, 1.807) is 12.1 Å². The maximum absolute atomic E-state index is 13.1. The Labute approximate surface area is 185 Å². The van der Waals surface area contributed by atoms with Gasteiger partial charge in [-0.05, 0) is 48.7 Å². The van der Waals surface area contributed by atoms with E-state index in [1.807, 2.05) is 45.0 Å². The van der Waals surface area contributed by atoms with E-state index >= 15 is 0 Å². The number of aryl methyl sites for hydroxylation is 1. The molecular formula is C24H26FN3O2S. The molecule has 0 spiro atoms. The first kappa shape index (κ1) is 22.6. The second kappa shape index (κ2) is 10.3. The Morgan fingerprint density at radius 1 is 1.13 bits per heavy atom. The molecule has 31 heavy (non-hydrogen) atoms. The van der Waals surface area contributed by atoms with E-state index < -0.39 is 0 Å². The maximum Gasteiger partial charge on any atom is 0.263 e. The van der Waals surface area contributed by atoms with E-state index in [9.17, 15) is 14.0 Å². The number of benzene rings is 2. The van der Waals surface area contributed by atoms with Crippen molar-refractivity contribution in [3.05, 3.63) is 81.1 Å². The first-order valence-electron chi connectivity index (χ1n) is 10.2. The van der Waals surface area contributed by atoms with Crippen molar-refractivity contribution in [1.29, 1.82) is 0 Å². The third kappa shape index (κ3) is 6.21. The van der Waals surface area contributed by atoms with Crippen LogP contribution in [0.1, 0.15) is 51.8 Å². The van der Waals surface area contributed by atoms with Crippen LogP contribution in [0.4, 0.5) is 10.1 Å². The van der Waals surface area contributed by atoms with Gasteiger partial charge in [0.2, 0.25) is 5.91 Å². The Balaban J connectivity index is 1.61. The maximum atomic E-state index is 13.1. The van der Waals surface area contributed by atoms with E-state index in [-0.39, 0.29) is 23.5 Å². The number of rotatable bonds is 8. The molecule has 0 fully saturated rings. The zero-order chi connectivity index (χ0) is 22.4. The van der Waals surface area contributed by atoms with Crippen molar-refractivity contribution in [2.24, 2.45) is 5.92 Å². The van der Waals surface area contributed by atoms with Gasteiger partial charge in [-0.1, -0.05) is 38.1 Å². The molecule has 2 N–H and O–H groups in total. The molecular weight excluding hydrogens is 413 g/mol. The fourth-order valence-electron chi connectivity index (χ4n) is 2.99. The van der Waals surface area contributed by atoms with Crippen LogP contribution in [0.25, 0.3) is 0 Å². The van der Waals surface area contributed by atoms with Crippen LogP contribution in [0, 0.1) is 18.7 Å². The molecule has 0 aliphatic carbocycles. The molecule has 2 aromatic carbocycles. The van der Waals surface area contributed by atoms with Crippen LogP contribution in [0.5, 0.6) is 0 Å². The molecule has 0 bridgehead atoms. The van der Waals surface area contributed by atoms with Gasteiger partial charge in [0.25, 0.3) is 5.91 Å². The number of nitrogens with zero attached hydrogens (tertiary/aromatic N) is 1. The smallest absolute Gasteiger partial charge is 0.263 e. The summed E-state index contributed by atoms with van der Waals surface area (Å²) in [5, 5.41) is 6.64. The van der Waals surface area contributed by atoms with E-state index in [0.29, 0.717) is 29.2 Å². The summed E-state index contributed by atoms with van der Waals surface area (Å²) in [5.74, 6) is -0.531. The standard InChI is InChI=1S/C24H26FN3O2S/c1-4-15(2)23(29)28-20-7-5-6-18(12-20)14-26-24(30)22-16(3)27-21(31-22)13-17-8-10-19(25)11-9-17/h5-12,15H,4,13-14H2,1-3H3,(H,26,30)(H,28,29). The van der Waals surface area contributed by atoms with Gasteiger partial charge in [-0.15, -0.1) is 11.3 Å². The molecule has 3 aromatic rings. The van der Waals surface area contributed by atoms with E-state index in [2.05, 4.69) is 15.6 Å². The Hall–Kier alpha value is -3.06. The predicted molar refractivity (Wildman–Crippen MR) is 122 cm³/mol. The molecule has 1 heterocycles. The van der Waals surface area contributed by atoms with E-state index in [0.717, 1.165) is 22.6 Å². The highest BCUT2D eigenvalue weighted by Crippen LogP contribution is 2.21. The van der Waals surface area contributed by atoms with Crippen molar-refractivity contribution in [3.8, 4) is 0 Å². The molecule has 0 saturated heterocycles. The summed E-state index contributed by atoms with van der Waals surface area (Å²) in [6.45, 7) is 6.02. The third-order valence-electron chi connectivity index (χ3n) is 5.02. The van der Waals surface area contributed by atoms with Crippen molar-refractivity contribution in [1.82, 2.24) is 10.3 Å². The fraction of sp³-hybridized carbons (Fsp3) is 0.292. The minimum Gasteiger partial charge on any atom is -0.347 e. The molecule has 1 atom stereocenters. The molecule has 0 radical (unpaired) electrons. The first-order valence-corrected chi connectivity index (χ1v) is 11.1. The summed E-state index contributed by atoms with van der Waals surface area (Å²) >= 11 is 1.35. The number of hydrogen-bond donors (Lipinski definition) is 2. The fourth-order valence-corrected chi connectivity index (χ4v) is 4.00. The molecule has 1 unspecified atom stereocenters. The van der Waals surface area contributed by atoms with Gasteiger partial charge in [0.05, 0.1) is 10.7 Å². The molecule has 1 aromatic heterocycles. The summed E-state index contributed by atoms with van der Waals surface area (Å²) in [7, 11) is 0. The number of hydrogen-bond acceptors (Lipinski definition) is 4. The first-order chi connectivity index (χ1) is 14.9. The Kier molecular flexibility index (Phi) is 7.52. The lowest BCUT2D eigenvalue weighted by Crippen LogP contribution is -2.23. The zero-order valence-electron chi connectivity index (χ0n) is 17.9. The Bertz CT molecular complexity index is 1060. The number of thiazole rings is 1. The molecule has 0 aliphatic heterocycles. The number of anilines is 1. The minimum absolute atomic E-state index is 0.0161. The number of nitrogens with one attached hydrogen (secondary N) is 2. The minimum atomic E-state index is -0.275. The van der Waals surface area contributed by atoms with Crippen LogP contribution in [-0.4, -0.2) is 16.8 Å². The average molecular weight is 440 g/mol. The highest BCUT2D eigenvalue weighted by atomic mass is 32.1. The van der Waals surface area contributed by atoms with Crippen LogP contribution in [0.15, 0.2) is 48.5 Å². The van der Waals surface area contributed by atoms with Crippen LogP contribution in [-0.2, 0) is 17.8 Å². The largest absolute Gasteiger partial charge is 0.347 e. The molecule has 7 heteroatoms. The van der Waals surface area contributed by atoms with Crippen LogP contribution >= 0.6 is 11.3 Å². The number of amides is 2. The zero-order valence-corrected chi connectivity index (χ0v) is 18.7. The summed E-state index contributed by atoms with van der Waals surface area (Å²) in [6.07, 6.45) is 1.33. The van der Waals surface area contributed by atoms with Crippen molar-refractivity contribution < 1.29 is 14.0 Å². The SMILES string of the molecule is CCC(C)C(=O)Nc1cccc(CNC(=O)c2sc(Cc3ccc(F)cc3)nc2C)c1. The second-order valence-electron chi connectivity index (χ2n) is 7.51. The van der Waals surface area contributed by atoms with Crippen molar-refractivity contribution in [3.63, 3.8) is 0 Å². The average Bonchev–Trinajstić information content (AvgIpc) is 3.13. The summed E-state index contributed by atoms with van der Waals surface area (Å²) in [4.78, 5) is 29.8. The third-order valence-corrected chi connectivity index (χ3v) is 6.18. The Morgan fingerprint density at radius 2 is 1.87 bits per heavy atom. The van der Waals surface area contributed by atoms with Crippen LogP contribution in [0.2, 0.25) is 0 Å². The van der Waals surface area contributed by atoms with Gasteiger partial charge in [-0.25, -0.2) is 9.37 Å². The van der Waals surface area contributed by atoms with Gasteiger partial charge < -0.3 is 10.6 Å². The number of carbonyl (C=O) groups is 2. The van der Waals surface area contributed by atoms with Gasteiger partial charge >= 0.3 is 0 Å². The predicted octanol–water partition coefficient (Wildman–Crippen LogP) is 5.10. The van der Waals surface area contributed by atoms with Crippen molar-refractivity contribution >= 4 is 28.8 Å². The quantitative estimate of drug-likeness (QED) is 0.513.